The van der Waals surface area contributed by atoms with Crippen LogP contribution in [0.25, 0.3) is 0 Å². The van der Waals surface area contributed by atoms with E-state index in [1.54, 1.807) is 0 Å². The van der Waals surface area contributed by atoms with Gasteiger partial charge in [0.25, 0.3) is 0 Å². The van der Waals surface area contributed by atoms with Crippen LogP contribution in [0.3, 0.4) is 0 Å². The molecular weight excluding hydrogens is 205 g/mol. The SMILES string of the molecule is CC1CC1(O)C1CCCC(C(F)(F)F)C1. The molecule has 4 unspecified atom stereocenters. The van der Waals surface area contributed by atoms with Gasteiger partial charge in [0.1, 0.15) is 0 Å². The molecule has 15 heavy (non-hydrogen) atoms. The summed E-state index contributed by atoms with van der Waals surface area (Å²) < 4.78 is 37.6. The van der Waals surface area contributed by atoms with Crippen LogP contribution in [0.15, 0.2) is 0 Å². The summed E-state index contributed by atoms with van der Waals surface area (Å²) in [6, 6.07) is 0. The Bertz CT molecular complexity index is 251. The van der Waals surface area contributed by atoms with E-state index in [0.29, 0.717) is 12.8 Å². The first-order valence-electron chi connectivity index (χ1n) is 5.63. The molecule has 0 saturated heterocycles. The van der Waals surface area contributed by atoms with Gasteiger partial charge in [-0.1, -0.05) is 13.3 Å². The predicted octanol–water partition coefficient (Wildman–Crippen LogP) is 3.13. The Labute approximate surface area is 87.7 Å². The van der Waals surface area contributed by atoms with Crippen molar-refractivity contribution in [3.63, 3.8) is 0 Å². The van der Waals surface area contributed by atoms with Gasteiger partial charge in [-0.15, -0.1) is 0 Å². The van der Waals surface area contributed by atoms with Crippen LogP contribution in [-0.4, -0.2) is 16.9 Å². The highest BCUT2D eigenvalue weighted by Gasteiger charge is 2.57. The zero-order chi connectivity index (χ0) is 11.3. The maximum Gasteiger partial charge on any atom is 0.391 e. The van der Waals surface area contributed by atoms with Gasteiger partial charge in [-0.3, -0.25) is 0 Å². The first-order chi connectivity index (χ1) is 6.84. The molecule has 0 aliphatic heterocycles. The summed E-state index contributed by atoms with van der Waals surface area (Å²) in [4.78, 5) is 0. The molecule has 1 N–H and O–H groups in total. The molecule has 4 heteroatoms. The van der Waals surface area contributed by atoms with Gasteiger partial charge < -0.3 is 5.11 Å². The van der Waals surface area contributed by atoms with Gasteiger partial charge in [0, 0.05) is 0 Å². The summed E-state index contributed by atoms with van der Waals surface area (Å²) in [6.45, 7) is 1.91. The molecule has 0 radical (unpaired) electrons. The van der Waals surface area contributed by atoms with E-state index in [2.05, 4.69) is 0 Å². The zero-order valence-corrected chi connectivity index (χ0v) is 8.85. The number of aliphatic hydroxyl groups is 1. The van der Waals surface area contributed by atoms with Crippen LogP contribution in [-0.2, 0) is 0 Å². The molecule has 88 valence electrons. The van der Waals surface area contributed by atoms with Crippen LogP contribution in [0.1, 0.15) is 39.0 Å². The molecule has 0 spiro atoms. The summed E-state index contributed by atoms with van der Waals surface area (Å²) in [5.41, 5.74) is -0.774. The van der Waals surface area contributed by atoms with Crippen LogP contribution in [0.5, 0.6) is 0 Å². The van der Waals surface area contributed by atoms with Crippen LogP contribution in [0.2, 0.25) is 0 Å². The maximum absolute atomic E-state index is 12.5. The van der Waals surface area contributed by atoms with E-state index < -0.39 is 17.7 Å². The Morgan fingerprint density at radius 2 is 1.87 bits per heavy atom. The molecule has 2 saturated carbocycles. The molecule has 0 aromatic rings. The molecule has 2 aliphatic carbocycles. The second-order valence-corrected chi connectivity index (χ2v) is 5.20. The van der Waals surface area contributed by atoms with Gasteiger partial charge in [-0.2, -0.15) is 13.2 Å². The van der Waals surface area contributed by atoms with Crippen molar-refractivity contribution in [3.05, 3.63) is 0 Å². The van der Waals surface area contributed by atoms with E-state index in [0.717, 1.165) is 6.42 Å². The monoisotopic (exact) mass is 222 g/mol. The van der Waals surface area contributed by atoms with Crippen LogP contribution in [0, 0.1) is 17.8 Å². The Kier molecular flexibility index (Phi) is 2.53. The second kappa shape index (κ2) is 3.37. The third-order valence-corrected chi connectivity index (χ3v) is 4.17. The molecule has 1 nitrogen and oxygen atoms in total. The summed E-state index contributed by atoms with van der Waals surface area (Å²) >= 11 is 0. The van der Waals surface area contributed by atoms with Crippen molar-refractivity contribution in [1.82, 2.24) is 0 Å². The van der Waals surface area contributed by atoms with Gasteiger partial charge in [-0.05, 0) is 37.5 Å². The summed E-state index contributed by atoms with van der Waals surface area (Å²) in [7, 11) is 0. The second-order valence-electron chi connectivity index (χ2n) is 5.20. The van der Waals surface area contributed by atoms with E-state index in [1.165, 1.54) is 0 Å². The number of halogens is 3. The highest BCUT2D eigenvalue weighted by Crippen LogP contribution is 2.55. The minimum Gasteiger partial charge on any atom is -0.389 e. The Balaban J connectivity index is 1.99. The van der Waals surface area contributed by atoms with Crippen LogP contribution < -0.4 is 0 Å². The Hall–Kier alpha value is -0.250. The fourth-order valence-electron chi connectivity index (χ4n) is 2.94. The predicted molar refractivity (Wildman–Crippen MR) is 50.2 cm³/mol. The molecule has 4 atom stereocenters. The summed E-state index contributed by atoms with van der Waals surface area (Å²) in [6.07, 6.45) is -1.67. The topological polar surface area (TPSA) is 20.2 Å². The minimum atomic E-state index is -4.08. The molecule has 0 heterocycles. The number of hydrogen-bond donors (Lipinski definition) is 1. The smallest absolute Gasteiger partial charge is 0.389 e. The Morgan fingerprint density at radius 1 is 1.27 bits per heavy atom. The molecule has 2 rings (SSSR count). The fraction of sp³-hybridized carbons (Fsp3) is 1.00. The van der Waals surface area contributed by atoms with Gasteiger partial charge in [0.05, 0.1) is 11.5 Å². The number of rotatable bonds is 1. The van der Waals surface area contributed by atoms with Gasteiger partial charge in [0.15, 0.2) is 0 Å². The average molecular weight is 222 g/mol. The molecule has 0 bridgehead atoms. The van der Waals surface area contributed by atoms with E-state index in [1.807, 2.05) is 6.92 Å². The standard InChI is InChI=1S/C11H17F3O/c1-7-6-10(7,15)8-3-2-4-9(5-8)11(12,13)14/h7-9,15H,2-6H2,1H3. The van der Waals surface area contributed by atoms with Crippen molar-refractivity contribution < 1.29 is 18.3 Å². The Morgan fingerprint density at radius 3 is 2.33 bits per heavy atom. The number of hydrogen-bond acceptors (Lipinski definition) is 1. The lowest BCUT2D eigenvalue weighted by Crippen LogP contribution is -2.35. The van der Waals surface area contributed by atoms with Crippen LogP contribution in [0.4, 0.5) is 13.2 Å². The zero-order valence-electron chi connectivity index (χ0n) is 8.85. The largest absolute Gasteiger partial charge is 0.391 e. The highest BCUT2D eigenvalue weighted by molar-refractivity contribution is 5.06. The molecule has 2 fully saturated rings. The molecule has 0 aromatic heterocycles. The minimum absolute atomic E-state index is 0.129. The molecule has 2 aliphatic rings. The first kappa shape index (κ1) is 11.2. The van der Waals surface area contributed by atoms with Crippen molar-refractivity contribution in [2.75, 3.05) is 0 Å². The van der Waals surface area contributed by atoms with E-state index in [-0.39, 0.29) is 24.7 Å². The maximum atomic E-state index is 12.5. The van der Waals surface area contributed by atoms with Gasteiger partial charge in [0.2, 0.25) is 0 Å². The van der Waals surface area contributed by atoms with Crippen molar-refractivity contribution >= 4 is 0 Å². The van der Waals surface area contributed by atoms with Crippen LogP contribution >= 0.6 is 0 Å². The normalized spacial score (nSPS) is 46.6. The average Bonchev–Trinajstić information content (AvgIpc) is 2.75. The van der Waals surface area contributed by atoms with Crippen molar-refractivity contribution in [1.29, 1.82) is 0 Å². The molecule has 0 aromatic carbocycles. The quantitative estimate of drug-likeness (QED) is 0.722. The van der Waals surface area contributed by atoms with Crippen molar-refractivity contribution in [3.8, 4) is 0 Å². The first-order valence-corrected chi connectivity index (χ1v) is 5.63. The van der Waals surface area contributed by atoms with Crippen molar-refractivity contribution in [2.24, 2.45) is 17.8 Å². The summed E-state index contributed by atoms with van der Waals surface area (Å²) in [5.74, 6) is -1.13. The fourth-order valence-corrected chi connectivity index (χ4v) is 2.94. The van der Waals surface area contributed by atoms with Gasteiger partial charge in [-0.25, -0.2) is 0 Å². The van der Waals surface area contributed by atoms with E-state index >= 15 is 0 Å². The van der Waals surface area contributed by atoms with Gasteiger partial charge >= 0.3 is 6.18 Å². The number of alkyl halides is 3. The van der Waals surface area contributed by atoms with Crippen molar-refractivity contribution in [2.45, 2.75) is 50.8 Å². The van der Waals surface area contributed by atoms with E-state index in [4.69, 9.17) is 0 Å². The lowest BCUT2D eigenvalue weighted by molar-refractivity contribution is -0.190. The third kappa shape index (κ3) is 2.01. The molecule has 0 amide bonds. The lowest BCUT2D eigenvalue weighted by atomic mass is 9.76. The highest BCUT2D eigenvalue weighted by atomic mass is 19.4. The lowest BCUT2D eigenvalue weighted by Gasteiger charge is -2.33. The van der Waals surface area contributed by atoms with E-state index in [9.17, 15) is 18.3 Å². The summed E-state index contributed by atoms with van der Waals surface area (Å²) in [5, 5.41) is 10.0. The molecular formula is C11H17F3O. The third-order valence-electron chi connectivity index (χ3n) is 4.17.